The fraction of sp³-hybridized carbons (Fsp3) is 0.429. The molecule has 2 amide bonds. The van der Waals surface area contributed by atoms with Crippen molar-refractivity contribution in [2.24, 2.45) is 0 Å². The van der Waals surface area contributed by atoms with Crippen molar-refractivity contribution in [2.75, 3.05) is 26.0 Å². The average Bonchev–Trinajstić information content (AvgIpc) is 2.38. The highest BCUT2D eigenvalue weighted by molar-refractivity contribution is 5.91. The Morgan fingerprint density at radius 1 is 1.26 bits per heavy atom. The molecular weight excluding hydrogens is 242 g/mol. The highest BCUT2D eigenvalue weighted by Gasteiger charge is 2.09. The number of hydrogen-bond donors (Lipinski definition) is 2. The van der Waals surface area contributed by atoms with Gasteiger partial charge in [-0.3, -0.25) is 9.59 Å². The van der Waals surface area contributed by atoms with Gasteiger partial charge < -0.3 is 15.5 Å². The topological polar surface area (TPSA) is 61.4 Å². The number of benzene rings is 1. The van der Waals surface area contributed by atoms with Crippen LogP contribution in [0.5, 0.6) is 0 Å². The van der Waals surface area contributed by atoms with Gasteiger partial charge in [-0.15, -0.1) is 0 Å². The van der Waals surface area contributed by atoms with E-state index in [9.17, 15) is 9.59 Å². The predicted octanol–water partition coefficient (Wildman–Crippen LogP) is 1.21. The van der Waals surface area contributed by atoms with Gasteiger partial charge in [0.25, 0.3) is 0 Å². The normalized spacial score (nSPS) is 10.1. The molecule has 0 aliphatic rings. The summed E-state index contributed by atoms with van der Waals surface area (Å²) in [4.78, 5) is 24.6. The lowest BCUT2D eigenvalue weighted by atomic mass is 10.1. The molecule has 0 saturated carbocycles. The van der Waals surface area contributed by atoms with Crippen molar-refractivity contribution < 1.29 is 9.59 Å². The van der Waals surface area contributed by atoms with E-state index < -0.39 is 0 Å². The van der Waals surface area contributed by atoms with Gasteiger partial charge in [-0.25, -0.2) is 0 Å². The van der Waals surface area contributed by atoms with Crippen LogP contribution in [0.3, 0.4) is 0 Å². The maximum atomic E-state index is 11.7. The first-order valence-electron chi connectivity index (χ1n) is 6.28. The summed E-state index contributed by atoms with van der Waals surface area (Å²) in [6.07, 6.45) is 0.424. The second kappa shape index (κ2) is 7.53. The van der Waals surface area contributed by atoms with Gasteiger partial charge in [0.05, 0.1) is 0 Å². The Morgan fingerprint density at radius 2 is 1.95 bits per heavy atom. The van der Waals surface area contributed by atoms with Gasteiger partial charge in [0.2, 0.25) is 11.8 Å². The molecule has 0 atom stereocenters. The van der Waals surface area contributed by atoms with Crippen LogP contribution in [-0.2, 0) is 16.1 Å². The second-order valence-corrected chi connectivity index (χ2v) is 4.43. The van der Waals surface area contributed by atoms with E-state index in [0.717, 1.165) is 11.3 Å². The van der Waals surface area contributed by atoms with Gasteiger partial charge in [0, 0.05) is 39.2 Å². The highest BCUT2D eigenvalue weighted by Crippen LogP contribution is 2.17. The molecule has 0 spiro atoms. The van der Waals surface area contributed by atoms with Crippen molar-refractivity contribution in [2.45, 2.75) is 19.9 Å². The molecule has 0 unspecified atom stereocenters. The van der Waals surface area contributed by atoms with E-state index in [1.54, 1.807) is 11.9 Å². The Morgan fingerprint density at radius 3 is 2.58 bits per heavy atom. The van der Waals surface area contributed by atoms with Crippen LogP contribution in [0.25, 0.3) is 0 Å². The largest absolute Gasteiger partial charge is 0.342 e. The monoisotopic (exact) mass is 263 g/mol. The van der Waals surface area contributed by atoms with Gasteiger partial charge >= 0.3 is 0 Å². The third-order valence-electron chi connectivity index (χ3n) is 2.84. The van der Waals surface area contributed by atoms with Gasteiger partial charge in [-0.05, 0) is 18.7 Å². The van der Waals surface area contributed by atoms with Crippen LogP contribution in [0.1, 0.15) is 18.9 Å². The number of carbonyl (C=O) groups excluding carboxylic acids is 2. The summed E-state index contributed by atoms with van der Waals surface area (Å²) in [6.45, 7) is 2.65. The van der Waals surface area contributed by atoms with Crippen LogP contribution in [0.15, 0.2) is 24.3 Å². The molecule has 2 N–H and O–H groups in total. The SMILES string of the molecule is CNCCC(=O)Nc1ccccc1CN(C)C(C)=O. The Bertz CT molecular complexity index is 446. The van der Waals surface area contributed by atoms with Crippen LogP contribution in [-0.4, -0.2) is 37.4 Å². The summed E-state index contributed by atoms with van der Waals surface area (Å²) in [7, 11) is 3.55. The first-order chi connectivity index (χ1) is 9.04. The quantitative estimate of drug-likeness (QED) is 0.811. The van der Waals surface area contributed by atoms with Gasteiger partial charge in [0.15, 0.2) is 0 Å². The van der Waals surface area contributed by atoms with Crippen molar-refractivity contribution in [1.82, 2.24) is 10.2 Å². The van der Waals surface area contributed by atoms with E-state index in [2.05, 4.69) is 10.6 Å². The molecule has 5 nitrogen and oxygen atoms in total. The zero-order valence-corrected chi connectivity index (χ0v) is 11.7. The molecule has 0 bridgehead atoms. The maximum absolute atomic E-state index is 11.7. The highest BCUT2D eigenvalue weighted by atomic mass is 16.2. The summed E-state index contributed by atoms with van der Waals surface area (Å²) in [5.41, 5.74) is 1.69. The maximum Gasteiger partial charge on any atom is 0.225 e. The summed E-state index contributed by atoms with van der Waals surface area (Å²) in [5.74, 6) is -0.0383. The second-order valence-electron chi connectivity index (χ2n) is 4.43. The molecule has 0 aromatic heterocycles. The standard InChI is InChI=1S/C14H21N3O2/c1-11(18)17(3)10-12-6-4-5-7-13(12)16-14(19)8-9-15-2/h4-7,15H,8-10H2,1-3H3,(H,16,19). The minimum Gasteiger partial charge on any atom is -0.342 e. The average molecular weight is 263 g/mol. The van der Waals surface area contributed by atoms with Crippen molar-refractivity contribution in [3.8, 4) is 0 Å². The lowest BCUT2D eigenvalue weighted by molar-refractivity contribution is -0.128. The van der Waals surface area contributed by atoms with E-state index in [1.807, 2.05) is 31.3 Å². The molecule has 0 fully saturated rings. The van der Waals surface area contributed by atoms with E-state index in [0.29, 0.717) is 19.5 Å². The molecule has 104 valence electrons. The Hall–Kier alpha value is -1.88. The van der Waals surface area contributed by atoms with Crippen molar-refractivity contribution >= 4 is 17.5 Å². The zero-order valence-electron chi connectivity index (χ0n) is 11.7. The van der Waals surface area contributed by atoms with Gasteiger partial charge in [-0.1, -0.05) is 18.2 Å². The van der Waals surface area contributed by atoms with Crippen LogP contribution in [0.2, 0.25) is 0 Å². The fourth-order valence-corrected chi connectivity index (χ4v) is 1.60. The van der Waals surface area contributed by atoms with Crippen LogP contribution >= 0.6 is 0 Å². The van der Waals surface area contributed by atoms with E-state index in [-0.39, 0.29) is 11.8 Å². The number of nitrogens with zero attached hydrogens (tertiary/aromatic N) is 1. The van der Waals surface area contributed by atoms with E-state index in [4.69, 9.17) is 0 Å². The number of hydrogen-bond acceptors (Lipinski definition) is 3. The molecule has 0 heterocycles. The molecule has 1 rings (SSSR count). The number of carbonyl (C=O) groups is 2. The van der Waals surface area contributed by atoms with E-state index in [1.165, 1.54) is 6.92 Å². The third-order valence-corrected chi connectivity index (χ3v) is 2.84. The molecule has 1 aromatic rings. The summed E-state index contributed by atoms with van der Waals surface area (Å²) < 4.78 is 0. The Balaban J connectivity index is 2.72. The molecule has 1 aromatic carbocycles. The number of nitrogens with one attached hydrogen (secondary N) is 2. The lowest BCUT2D eigenvalue weighted by Crippen LogP contribution is -2.24. The van der Waals surface area contributed by atoms with Crippen molar-refractivity contribution in [1.29, 1.82) is 0 Å². The Kier molecular flexibility index (Phi) is 6.02. The first-order valence-corrected chi connectivity index (χ1v) is 6.28. The Labute approximate surface area is 114 Å². The van der Waals surface area contributed by atoms with Crippen LogP contribution < -0.4 is 10.6 Å². The van der Waals surface area contributed by atoms with Crippen LogP contribution in [0, 0.1) is 0 Å². The molecule has 0 saturated heterocycles. The zero-order chi connectivity index (χ0) is 14.3. The molecule has 0 aliphatic heterocycles. The molecule has 0 radical (unpaired) electrons. The predicted molar refractivity (Wildman–Crippen MR) is 75.8 cm³/mol. The molecular formula is C14H21N3O2. The lowest BCUT2D eigenvalue weighted by Gasteiger charge is -2.17. The number of para-hydroxylation sites is 1. The van der Waals surface area contributed by atoms with Crippen molar-refractivity contribution in [3.63, 3.8) is 0 Å². The molecule has 5 heteroatoms. The summed E-state index contributed by atoms with van der Waals surface area (Å²) in [6, 6.07) is 7.52. The molecule has 19 heavy (non-hydrogen) atoms. The summed E-state index contributed by atoms with van der Waals surface area (Å²) in [5, 5.41) is 5.81. The minimum absolute atomic E-state index is 0.00341. The van der Waals surface area contributed by atoms with Crippen molar-refractivity contribution in [3.05, 3.63) is 29.8 Å². The number of anilines is 1. The smallest absolute Gasteiger partial charge is 0.225 e. The minimum atomic E-state index is -0.0349. The third kappa shape index (κ3) is 5.09. The first kappa shape index (κ1) is 15.2. The molecule has 0 aliphatic carbocycles. The number of rotatable bonds is 6. The fourth-order valence-electron chi connectivity index (χ4n) is 1.60. The van der Waals surface area contributed by atoms with Gasteiger partial charge in [-0.2, -0.15) is 0 Å². The summed E-state index contributed by atoms with van der Waals surface area (Å²) >= 11 is 0. The van der Waals surface area contributed by atoms with Crippen LogP contribution in [0.4, 0.5) is 5.69 Å². The van der Waals surface area contributed by atoms with E-state index >= 15 is 0 Å². The van der Waals surface area contributed by atoms with Gasteiger partial charge in [0.1, 0.15) is 0 Å². The number of amides is 2.